The maximum absolute atomic E-state index is 9.75. The van der Waals surface area contributed by atoms with Crippen LogP contribution in [0.1, 0.15) is 0 Å². The molecule has 0 fully saturated rings. The molecule has 0 aromatic rings. The van der Waals surface area contributed by atoms with Crippen LogP contribution in [0.3, 0.4) is 0 Å². The van der Waals surface area contributed by atoms with E-state index in [0.29, 0.717) is 0 Å². The van der Waals surface area contributed by atoms with E-state index in [0.717, 1.165) is 0 Å². The van der Waals surface area contributed by atoms with Crippen LogP contribution in [0.5, 0.6) is 0 Å². The van der Waals surface area contributed by atoms with E-state index in [1.807, 2.05) is 0 Å². The van der Waals surface area contributed by atoms with Crippen molar-refractivity contribution in [1.82, 2.24) is 0 Å². The van der Waals surface area contributed by atoms with Crippen LogP contribution in [-0.2, 0) is 0 Å². The molecular formula is CH4BF4N-. The maximum atomic E-state index is 9.75. The summed E-state index contributed by atoms with van der Waals surface area (Å²) in [5.74, 6) is 0. The molecule has 0 heterocycles. The Morgan fingerprint density at radius 3 is 1.00 bits per heavy atom. The molecule has 0 saturated heterocycles. The number of nitrogens with two attached hydrogens (primary N) is 1. The smallest absolute Gasteiger partial charge is 0.418 e. The molecule has 1 nitrogen and oxygen atoms in total. The molecule has 45 valence electrons. The van der Waals surface area contributed by atoms with Crippen molar-refractivity contribution in [2.24, 2.45) is 5.73 Å². The van der Waals surface area contributed by atoms with Gasteiger partial charge in [-0.1, -0.05) is 0 Å². The fourth-order valence-electron chi connectivity index (χ4n) is 0. The Kier molecular flexibility index (Phi) is 5.54. The van der Waals surface area contributed by atoms with Gasteiger partial charge in [-0.2, -0.15) is 0 Å². The zero-order valence-electron chi connectivity index (χ0n) is 3.37. The highest BCUT2D eigenvalue weighted by Crippen LogP contribution is 2.06. The van der Waals surface area contributed by atoms with Crippen LogP contribution in [-0.4, -0.2) is 7.25 Å². The summed E-state index contributed by atoms with van der Waals surface area (Å²) in [6.45, 7) is 0. The van der Waals surface area contributed by atoms with Crippen molar-refractivity contribution in [2.45, 2.75) is 0 Å². The van der Waals surface area contributed by atoms with Crippen LogP contribution in [0, 0.1) is 7.05 Å². The molecule has 0 aliphatic carbocycles. The van der Waals surface area contributed by atoms with Gasteiger partial charge in [0, 0.05) is 7.05 Å². The lowest BCUT2D eigenvalue weighted by Gasteiger charge is -1.94. The highest BCUT2D eigenvalue weighted by molar-refractivity contribution is 6.50. The summed E-state index contributed by atoms with van der Waals surface area (Å²) in [6, 6.07) is 0. The standard InChI is InChI=1S/CH4N.BF4/c1-2;2-1(3,4)5/h1-2H2;/q;-1. The molecule has 2 N–H and O–H groups in total. The monoisotopic (exact) mass is 117 g/mol. The zero-order chi connectivity index (χ0) is 6.50. The van der Waals surface area contributed by atoms with Gasteiger partial charge in [0.2, 0.25) is 0 Å². The van der Waals surface area contributed by atoms with Crippen LogP contribution in [0.15, 0.2) is 0 Å². The first-order valence-electron chi connectivity index (χ1n) is 1.28. The molecule has 0 aliphatic heterocycles. The minimum Gasteiger partial charge on any atom is -0.418 e. The van der Waals surface area contributed by atoms with E-state index in [1.165, 1.54) is 0 Å². The Labute approximate surface area is 38.6 Å². The fourth-order valence-corrected chi connectivity index (χ4v) is 0. The van der Waals surface area contributed by atoms with Gasteiger partial charge >= 0.3 is 7.25 Å². The van der Waals surface area contributed by atoms with Crippen molar-refractivity contribution in [2.75, 3.05) is 0 Å². The van der Waals surface area contributed by atoms with Gasteiger partial charge in [0.15, 0.2) is 0 Å². The average molecular weight is 117 g/mol. The molecule has 7 heavy (non-hydrogen) atoms. The Balaban J connectivity index is 0. The summed E-state index contributed by atoms with van der Waals surface area (Å²) in [5, 5.41) is 0. The minimum atomic E-state index is -6.00. The van der Waals surface area contributed by atoms with Crippen molar-refractivity contribution in [3.05, 3.63) is 7.05 Å². The largest absolute Gasteiger partial charge is 0.673 e. The quantitative estimate of drug-likeness (QED) is 0.372. The number of hydrogen-bond acceptors (Lipinski definition) is 1. The van der Waals surface area contributed by atoms with Gasteiger partial charge in [0.1, 0.15) is 0 Å². The Hall–Kier alpha value is -0.255. The Morgan fingerprint density at radius 1 is 1.00 bits per heavy atom. The highest BCUT2D eigenvalue weighted by Gasteiger charge is 2.20. The van der Waals surface area contributed by atoms with Crippen molar-refractivity contribution in [3.63, 3.8) is 0 Å². The molecular weight excluding hydrogens is 113 g/mol. The van der Waals surface area contributed by atoms with Crippen LogP contribution in [0.4, 0.5) is 17.3 Å². The topological polar surface area (TPSA) is 26.0 Å². The van der Waals surface area contributed by atoms with E-state index in [4.69, 9.17) is 0 Å². The summed E-state index contributed by atoms with van der Waals surface area (Å²) < 4.78 is 39.0. The van der Waals surface area contributed by atoms with Crippen molar-refractivity contribution >= 4 is 7.25 Å². The van der Waals surface area contributed by atoms with Crippen LogP contribution >= 0.6 is 0 Å². The molecule has 0 aliphatic rings. The van der Waals surface area contributed by atoms with E-state index in [1.54, 1.807) is 0 Å². The third kappa shape index (κ3) is 1240. The third-order valence-electron chi connectivity index (χ3n) is 0. The molecule has 0 spiro atoms. The minimum absolute atomic E-state index is 2.75. The molecule has 1 radical (unpaired) electrons. The second-order valence-electron chi connectivity index (χ2n) is 0.495. The van der Waals surface area contributed by atoms with E-state index in [-0.39, 0.29) is 0 Å². The maximum Gasteiger partial charge on any atom is 0.673 e. The molecule has 0 bridgehead atoms. The second kappa shape index (κ2) is 3.92. The third-order valence-corrected chi connectivity index (χ3v) is 0. The molecule has 0 unspecified atom stereocenters. The number of halogens is 4. The SMILES string of the molecule is F[B-](F)(F)F.[CH2]N. The van der Waals surface area contributed by atoms with E-state index in [2.05, 4.69) is 12.8 Å². The summed E-state index contributed by atoms with van der Waals surface area (Å²) >= 11 is 0. The molecule has 0 aromatic carbocycles. The number of rotatable bonds is 0. The summed E-state index contributed by atoms with van der Waals surface area (Å²) in [4.78, 5) is 0. The van der Waals surface area contributed by atoms with E-state index < -0.39 is 7.25 Å². The van der Waals surface area contributed by atoms with Crippen molar-refractivity contribution < 1.29 is 17.3 Å². The lowest BCUT2D eigenvalue weighted by Crippen LogP contribution is -2.02. The Morgan fingerprint density at radius 2 is 1.00 bits per heavy atom. The molecule has 0 atom stereocenters. The van der Waals surface area contributed by atoms with Crippen LogP contribution in [0.2, 0.25) is 0 Å². The normalized spacial score (nSPS) is 9.43. The molecule has 0 aromatic heterocycles. The summed E-state index contributed by atoms with van der Waals surface area (Å²) in [6.07, 6.45) is 0. The predicted molar refractivity (Wildman–Crippen MR) is 19.7 cm³/mol. The van der Waals surface area contributed by atoms with Gasteiger partial charge in [-0.15, -0.1) is 0 Å². The van der Waals surface area contributed by atoms with Gasteiger partial charge in [-0.3, -0.25) is 0 Å². The van der Waals surface area contributed by atoms with Gasteiger partial charge in [0.05, 0.1) is 0 Å². The molecule has 0 amide bonds. The van der Waals surface area contributed by atoms with Gasteiger partial charge in [0.25, 0.3) is 0 Å². The molecule has 6 heteroatoms. The van der Waals surface area contributed by atoms with Gasteiger partial charge < -0.3 is 23.0 Å². The van der Waals surface area contributed by atoms with Crippen molar-refractivity contribution in [3.8, 4) is 0 Å². The predicted octanol–water partition coefficient (Wildman–Crippen LogP) is 1.04. The molecule has 0 saturated carbocycles. The van der Waals surface area contributed by atoms with E-state index in [9.17, 15) is 17.3 Å². The van der Waals surface area contributed by atoms with Crippen LogP contribution in [0.25, 0.3) is 0 Å². The Bertz CT molecular complexity index is 27.2. The first-order valence-corrected chi connectivity index (χ1v) is 1.28. The number of hydrogen-bond donors (Lipinski definition) is 1. The summed E-state index contributed by atoms with van der Waals surface area (Å²) in [7, 11) is -3.25. The van der Waals surface area contributed by atoms with E-state index >= 15 is 0 Å². The summed E-state index contributed by atoms with van der Waals surface area (Å²) in [5.41, 5.74) is 4.25. The zero-order valence-corrected chi connectivity index (χ0v) is 3.37. The van der Waals surface area contributed by atoms with Crippen molar-refractivity contribution in [1.29, 1.82) is 0 Å². The average Bonchev–Trinajstić information content (AvgIpc) is 1.36. The fraction of sp³-hybridized carbons (Fsp3) is 0. The first kappa shape index (κ1) is 9.89. The lowest BCUT2D eigenvalue weighted by molar-refractivity contribution is 0.368. The highest BCUT2D eigenvalue weighted by atomic mass is 19.5. The second-order valence-corrected chi connectivity index (χ2v) is 0.495. The first-order chi connectivity index (χ1) is 3.00. The lowest BCUT2D eigenvalue weighted by atomic mass is 10.3. The van der Waals surface area contributed by atoms with Gasteiger partial charge in [-0.05, 0) is 0 Å². The van der Waals surface area contributed by atoms with Crippen LogP contribution < -0.4 is 5.73 Å². The van der Waals surface area contributed by atoms with Gasteiger partial charge in [-0.25, -0.2) is 0 Å². The molecule has 0 rings (SSSR count).